The van der Waals surface area contributed by atoms with E-state index in [1.54, 1.807) is 26.0 Å². The van der Waals surface area contributed by atoms with E-state index in [0.717, 1.165) is 5.56 Å². The van der Waals surface area contributed by atoms with E-state index in [-0.39, 0.29) is 6.61 Å². The molecule has 1 aromatic rings. The van der Waals surface area contributed by atoms with Gasteiger partial charge in [-0.2, -0.15) is 0 Å². The Hall–Kier alpha value is -1.59. The second kappa shape index (κ2) is 7.87. The van der Waals surface area contributed by atoms with Crippen molar-refractivity contribution in [1.82, 2.24) is 0 Å². The van der Waals surface area contributed by atoms with Crippen LogP contribution in [-0.4, -0.2) is 29.8 Å². The first kappa shape index (κ1) is 16.5. The maximum absolute atomic E-state index is 11.6. The Bertz CT molecular complexity index is 432. The first-order valence-corrected chi connectivity index (χ1v) is 6.79. The van der Waals surface area contributed by atoms with Gasteiger partial charge < -0.3 is 20.3 Å². The van der Waals surface area contributed by atoms with Crippen LogP contribution in [0.3, 0.4) is 0 Å². The van der Waals surface area contributed by atoms with Gasteiger partial charge in [-0.3, -0.25) is 4.79 Å². The van der Waals surface area contributed by atoms with Crippen LogP contribution in [0.2, 0.25) is 0 Å². The summed E-state index contributed by atoms with van der Waals surface area (Å²) in [6.07, 6.45) is 1.11. The third-order valence-corrected chi connectivity index (χ3v) is 2.98. The number of carbonyl (C=O) groups is 1. The molecular weight excluding hydrogens is 258 g/mol. The van der Waals surface area contributed by atoms with Gasteiger partial charge in [-0.25, -0.2) is 0 Å². The first-order chi connectivity index (χ1) is 9.51. The molecule has 5 nitrogen and oxygen atoms in total. The summed E-state index contributed by atoms with van der Waals surface area (Å²) in [5.74, 6) is 0.264. The third kappa shape index (κ3) is 4.83. The third-order valence-electron chi connectivity index (χ3n) is 2.98. The molecule has 0 saturated carbocycles. The summed E-state index contributed by atoms with van der Waals surface area (Å²) in [5.41, 5.74) is 5.67. The van der Waals surface area contributed by atoms with Gasteiger partial charge in [-0.1, -0.05) is 18.2 Å². The van der Waals surface area contributed by atoms with E-state index < -0.39 is 11.5 Å². The highest BCUT2D eigenvalue weighted by Gasteiger charge is 2.29. The zero-order chi connectivity index (χ0) is 15.0. The molecule has 0 amide bonds. The van der Waals surface area contributed by atoms with Gasteiger partial charge in [0.1, 0.15) is 11.3 Å². The Morgan fingerprint density at radius 2 is 2.10 bits per heavy atom. The number of hydrogen-bond donors (Lipinski definition) is 2. The normalized spacial score (nSPS) is 13.6. The summed E-state index contributed by atoms with van der Waals surface area (Å²) >= 11 is 0. The molecule has 0 heterocycles. The molecule has 0 bridgehead atoms. The fourth-order valence-electron chi connectivity index (χ4n) is 1.79. The molecule has 3 N–H and O–H groups in total. The van der Waals surface area contributed by atoms with E-state index in [2.05, 4.69) is 0 Å². The summed E-state index contributed by atoms with van der Waals surface area (Å²) in [5, 5.41) is 9.17. The van der Waals surface area contributed by atoms with Crippen molar-refractivity contribution in [3.63, 3.8) is 0 Å². The van der Waals surface area contributed by atoms with E-state index >= 15 is 0 Å². The first-order valence-electron chi connectivity index (χ1n) is 6.79. The lowest BCUT2D eigenvalue weighted by Gasteiger charge is -2.22. The molecule has 1 rings (SSSR count). The standard InChI is InChI=1S/C15H23NO4/c1-3-19-14(18)15(2,16)9-6-10-20-13-8-5-4-7-12(13)11-17/h4-5,7-8,17H,3,6,9-11,16H2,1-2H3. The molecule has 20 heavy (non-hydrogen) atoms. The van der Waals surface area contributed by atoms with Crippen LogP contribution in [0.15, 0.2) is 24.3 Å². The zero-order valence-corrected chi connectivity index (χ0v) is 12.1. The minimum Gasteiger partial charge on any atom is -0.493 e. The highest BCUT2D eigenvalue weighted by molar-refractivity contribution is 5.79. The van der Waals surface area contributed by atoms with Crippen LogP contribution in [0.1, 0.15) is 32.3 Å². The SMILES string of the molecule is CCOC(=O)C(C)(N)CCCOc1ccccc1CO. The lowest BCUT2D eigenvalue weighted by atomic mass is 9.98. The number of nitrogens with two attached hydrogens (primary N) is 1. The molecule has 0 aliphatic rings. The van der Waals surface area contributed by atoms with E-state index in [1.807, 2.05) is 12.1 Å². The van der Waals surface area contributed by atoms with Gasteiger partial charge in [0.15, 0.2) is 0 Å². The summed E-state index contributed by atoms with van der Waals surface area (Å²) in [6, 6.07) is 7.30. The van der Waals surface area contributed by atoms with E-state index in [0.29, 0.717) is 31.8 Å². The molecule has 0 aliphatic heterocycles. The van der Waals surface area contributed by atoms with E-state index in [4.69, 9.17) is 15.2 Å². The van der Waals surface area contributed by atoms with Crippen molar-refractivity contribution in [2.75, 3.05) is 13.2 Å². The minimum atomic E-state index is -0.990. The minimum absolute atomic E-state index is 0.0619. The van der Waals surface area contributed by atoms with Crippen molar-refractivity contribution in [2.45, 2.75) is 38.8 Å². The summed E-state index contributed by atoms with van der Waals surface area (Å²) < 4.78 is 10.5. The van der Waals surface area contributed by atoms with Crippen LogP contribution < -0.4 is 10.5 Å². The molecule has 0 aliphatic carbocycles. The average Bonchev–Trinajstić information content (AvgIpc) is 2.44. The van der Waals surface area contributed by atoms with Crippen molar-refractivity contribution >= 4 is 5.97 Å². The molecule has 1 unspecified atom stereocenters. The van der Waals surface area contributed by atoms with Gasteiger partial charge in [0.25, 0.3) is 0 Å². The fraction of sp³-hybridized carbons (Fsp3) is 0.533. The Morgan fingerprint density at radius 1 is 1.40 bits per heavy atom. The average molecular weight is 281 g/mol. The van der Waals surface area contributed by atoms with Gasteiger partial charge in [-0.05, 0) is 32.8 Å². The second-order valence-electron chi connectivity index (χ2n) is 4.86. The lowest BCUT2D eigenvalue weighted by molar-refractivity contribution is -0.149. The second-order valence-corrected chi connectivity index (χ2v) is 4.86. The zero-order valence-electron chi connectivity index (χ0n) is 12.1. The Labute approximate surface area is 119 Å². The predicted molar refractivity (Wildman–Crippen MR) is 76.3 cm³/mol. The Kier molecular flexibility index (Phi) is 6.48. The molecule has 0 radical (unpaired) electrons. The number of esters is 1. The molecule has 1 atom stereocenters. The van der Waals surface area contributed by atoms with Crippen molar-refractivity contribution in [3.8, 4) is 5.75 Å². The topological polar surface area (TPSA) is 81.8 Å². The summed E-state index contributed by atoms with van der Waals surface area (Å²) in [7, 11) is 0. The van der Waals surface area contributed by atoms with Crippen LogP contribution in [0, 0.1) is 0 Å². The molecule has 5 heteroatoms. The summed E-state index contributed by atoms with van der Waals surface area (Å²) in [4.78, 5) is 11.6. The van der Waals surface area contributed by atoms with Crippen molar-refractivity contribution < 1.29 is 19.4 Å². The van der Waals surface area contributed by atoms with Crippen LogP contribution in [-0.2, 0) is 16.1 Å². The maximum Gasteiger partial charge on any atom is 0.325 e. The van der Waals surface area contributed by atoms with Gasteiger partial charge >= 0.3 is 5.97 Å². The van der Waals surface area contributed by atoms with Crippen LogP contribution in [0.4, 0.5) is 0 Å². The lowest BCUT2D eigenvalue weighted by Crippen LogP contribution is -2.46. The molecule has 0 spiro atoms. The van der Waals surface area contributed by atoms with Gasteiger partial charge in [0.05, 0.1) is 19.8 Å². The molecule has 0 aromatic heterocycles. The molecular formula is C15H23NO4. The molecule has 0 saturated heterocycles. The number of ether oxygens (including phenoxy) is 2. The smallest absolute Gasteiger partial charge is 0.325 e. The van der Waals surface area contributed by atoms with Crippen LogP contribution in [0.5, 0.6) is 5.75 Å². The molecule has 0 fully saturated rings. The van der Waals surface area contributed by atoms with Gasteiger partial charge in [-0.15, -0.1) is 0 Å². The summed E-state index contributed by atoms with van der Waals surface area (Å²) in [6.45, 7) is 4.11. The highest BCUT2D eigenvalue weighted by atomic mass is 16.5. The van der Waals surface area contributed by atoms with Crippen molar-refractivity contribution in [1.29, 1.82) is 0 Å². The fourth-order valence-corrected chi connectivity index (χ4v) is 1.79. The van der Waals surface area contributed by atoms with E-state index in [9.17, 15) is 9.90 Å². The Morgan fingerprint density at radius 3 is 2.75 bits per heavy atom. The maximum atomic E-state index is 11.6. The van der Waals surface area contributed by atoms with Gasteiger partial charge in [0, 0.05) is 5.56 Å². The van der Waals surface area contributed by atoms with Gasteiger partial charge in [0.2, 0.25) is 0 Å². The highest BCUT2D eigenvalue weighted by Crippen LogP contribution is 2.19. The molecule has 112 valence electrons. The number of hydrogen-bond acceptors (Lipinski definition) is 5. The number of aliphatic hydroxyl groups excluding tert-OH is 1. The van der Waals surface area contributed by atoms with E-state index in [1.165, 1.54) is 0 Å². The quantitative estimate of drug-likeness (QED) is 0.559. The number of rotatable bonds is 8. The molecule has 1 aromatic carbocycles. The van der Waals surface area contributed by atoms with Crippen LogP contribution >= 0.6 is 0 Å². The number of carbonyl (C=O) groups excluding carboxylic acids is 1. The Balaban J connectivity index is 2.39. The van der Waals surface area contributed by atoms with Crippen molar-refractivity contribution in [2.24, 2.45) is 5.73 Å². The number of aliphatic hydroxyl groups is 1. The van der Waals surface area contributed by atoms with Crippen molar-refractivity contribution in [3.05, 3.63) is 29.8 Å². The largest absolute Gasteiger partial charge is 0.493 e. The van der Waals surface area contributed by atoms with Crippen LogP contribution in [0.25, 0.3) is 0 Å². The predicted octanol–water partition coefficient (Wildman–Crippen LogP) is 1.62. The monoisotopic (exact) mass is 281 g/mol. The number of para-hydroxylation sites is 1. The number of benzene rings is 1.